The van der Waals surface area contributed by atoms with Gasteiger partial charge in [-0.15, -0.1) is 10.2 Å². The maximum Gasteiger partial charge on any atom is 0.234 e. The third kappa shape index (κ3) is 5.18. The van der Waals surface area contributed by atoms with Crippen LogP contribution in [0.5, 0.6) is 0 Å². The van der Waals surface area contributed by atoms with Crippen LogP contribution in [0.1, 0.15) is 24.2 Å². The smallest absolute Gasteiger partial charge is 0.234 e. The minimum atomic E-state index is -0.197. The van der Waals surface area contributed by atoms with E-state index >= 15 is 0 Å². The number of nitrogens with zero attached hydrogens (tertiary/aromatic N) is 3. The Bertz CT molecular complexity index is 1070. The summed E-state index contributed by atoms with van der Waals surface area (Å²) in [5, 5.41) is 12.8. The van der Waals surface area contributed by atoms with Crippen molar-refractivity contribution in [2.24, 2.45) is 0 Å². The molecule has 9 heteroatoms. The molecule has 1 N–H and O–H groups in total. The number of thioether (sulfide) groups is 1. The second kappa shape index (κ2) is 9.43. The summed E-state index contributed by atoms with van der Waals surface area (Å²) in [4.78, 5) is 23.8. The molecule has 0 aliphatic heterocycles. The number of carbonyl (C=O) groups is 2. The molecule has 29 heavy (non-hydrogen) atoms. The summed E-state index contributed by atoms with van der Waals surface area (Å²) in [7, 11) is 0. The number of halogens is 2. The van der Waals surface area contributed by atoms with Gasteiger partial charge < -0.3 is 9.88 Å². The van der Waals surface area contributed by atoms with E-state index in [1.165, 1.54) is 18.7 Å². The molecule has 3 rings (SSSR count). The number of ketones is 1. The van der Waals surface area contributed by atoms with Gasteiger partial charge in [0.25, 0.3) is 0 Å². The lowest BCUT2D eigenvalue weighted by Crippen LogP contribution is -2.15. The van der Waals surface area contributed by atoms with Crippen molar-refractivity contribution in [1.29, 1.82) is 0 Å². The Morgan fingerprint density at radius 2 is 1.90 bits per heavy atom. The van der Waals surface area contributed by atoms with Crippen molar-refractivity contribution in [3.05, 3.63) is 58.1 Å². The summed E-state index contributed by atoms with van der Waals surface area (Å²) in [6.45, 7) is 4.09. The van der Waals surface area contributed by atoms with E-state index in [2.05, 4.69) is 15.5 Å². The second-order valence-corrected chi connectivity index (χ2v) is 7.91. The summed E-state index contributed by atoms with van der Waals surface area (Å²) >= 11 is 13.4. The predicted octanol–water partition coefficient (Wildman–Crippen LogP) is 5.21. The maximum atomic E-state index is 12.3. The van der Waals surface area contributed by atoms with E-state index in [9.17, 15) is 9.59 Å². The number of aromatic nitrogens is 3. The molecular formula is C20H18Cl2N4O2S. The van der Waals surface area contributed by atoms with Gasteiger partial charge in [0.2, 0.25) is 5.91 Å². The zero-order valence-corrected chi connectivity index (χ0v) is 18.1. The molecule has 1 aromatic heterocycles. The number of benzene rings is 2. The van der Waals surface area contributed by atoms with Gasteiger partial charge in [-0.2, -0.15) is 0 Å². The molecule has 2 aromatic carbocycles. The van der Waals surface area contributed by atoms with Crippen LogP contribution < -0.4 is 5.32 Å². The lowest BCUT2D eigenvalue weighted by Gasteiger charge is -2.09. The van der Waals surface area contributed by atoms with Crippen LogP contribution in [-0.4, -0.2) is 32.2 Å². The van der Waals surface area contributed by atoms with Crippen molar-refractivity contribution >= 4 is 52.3 Å². The van der Waals surface area contributed by atoms with Crippen molar-refractivity contribution in [1.82, 2.24) is 14.8 Å². The number of carbonyl (C=O) groups excluding carboxylic acids is 2. The molecule has 0 spiro atoms. The standard InChI is InChI=1S/C20H18Cl2N4O2S/c1-3-26-19(14-7-8-16(21)17(22)10-14)24-25-20(26)29-11-18(28)23-15-6-4-5-13(9-15)12(2)27/h4-10H,3,11H2,1-2H3,(H,23,28). The molecule has 6 nitrogen and oxygen atoms in total. The molecule has 0 atom stereocenters. The number of rotatable bonds is 7. The fourth-order valence-electron chi connectivity index (χ4n) is 2.67. The van der Waals surface area contributed by atoms with Crippen LogP contribution in [0, 0.1) is 0 Å². The highest BCUT2D eigenvalue weighted by atomic mass is 35.5. The van der Waals surface area contributed by atoms with Crippen LogP contribution in [0.25, 0.3) is 11.4 Å². The highest BCUT2D eigenvalue weighted by Gasteiger charge is 2.15. The van der Waals surface area contributed by atoms with Gasteiger partial charge in [-0.25, -0.2) is 0 Å². The van der Waals surface area contributed by atoms with Crippen molar-refractivity contribution < 1.29 is 9.59 Å². The molecule has 0 bridgehead atoms. The average molecular weight is 449 g/mol. The summed E-state index contributed by atoms with van der Waals surface area (Å²) < 4.78 is 1.91. The lowest BCUT2D eigenvalue weighted by atomic mass is 10.1. The Labute approximate surface area is 182 Å². The third-order valence-corrected chi connectivity index (χ3v) is 5.80. The van der Waals surface area contributed by atoms with Gasteiger partial charge in [-0.05, 0) is 44.2 Å². The lowest BCUT2D eigenvalue weighted by molar-refractivity contribution is -0.113. The fraction of sp³-hybridized carbons (Fsp3) is 0.200. The van der Waals surface area contributed by atoms with E-state index in [-0.39, 0.29) is 17.4 Å². The molecule has 1 amide bonds. The number of Topliss-reactive ketones (excluding diaryl/α,β-unsaturated/α-hetero) is 1. The van der Waals surface area contributed by atoms with E-state index in [4.69, 9.17) is 23.2 Å². The highest BCUT2D eigenvalue weighted by molar-refractivity contribution is 7.99. The minimum Gasteiger partial charge on any atom is -0.325 e. The third-order valence-electron chi connectivity index (χ3n) is 4.10. The summed E-state index contributed by atoms with van der Waals surface area (Å²) in [6.07, 6.45) is 0. The molecule has 0 saturated heterocycles. The zero-order chi connectivity index (χ0) is 21.0. The highest BCUT2D eigenvalue weighted by Crippen LogP contribution is 2.29. The maximum absolute atomic E-state index is 12.3. The van der Waals surface area contributed by atoms with Gasteiger partial charge in [-0.3, -0.25) is 9.59 Å². The molecular weight excluding hydrogens is 431 g/mol. The van der Waals surface area contributed by atoms with Crippen LogP contribution in [-0.2, 0) is 11.3 Å². The van der Waals surface area contributed by atoms with E-state index in [1.807, 2.05) is 17.6 Å². The van der Waals surface area contributed by atoms with Gasteiger partial charge in [0.15, 0.2) is 16.8 Å². The molecule has 0 aliphatic carbocycles. The number of amides is 1. The van der Waals surface area contributed by atoms with Gasteiger partial charge >= 0.3 is 0 Å². The van der Waals surface area contributed by atoms with Crippen molar-refractivity contribution in [2.45, 2.75) is 25.5 Å². The molecule has 0 saturated carbocycles. The van der Waals surface area contributed by atoms with Crippen LogP contribution in [0.2, 0.25) is 10.0 Å². The Morgan fingerprint density at radius 1 is 1.10 bits per heavy atom. The van der Waals surface area contributed by atoms with E-state index in [0.29, 0.717) is 38.8 Å². The zero-order valence-electron chi connectivity index (χ0n) is 15.8. The number of anilines is 1. The number of nitrogens with one attached hydrogen (secondary N) is 1. The summed E-state index contributed by atoms with van der Waals surface area (Å²) in [6, 6.07) is 12.1. The van der Waals surface area contributed by atoms with Crippen molar-refractivity contribution in [3.63, 3.8) is 0 Å². The molecule has 0 unspecified atom stereocenters. The second-order valence-electron chi connectivity index (χ2n) is 6.15. The SMILES string of the molecule is CCn1c(SCC(=O)Nc2cccc(C(C)=O)c2)nnc1-c1ccc(Cl)c(Cl)c1. The quantitative estimate of drug-likeness (QED) is 0.396. The van der Waals surface area contributed by atoms with Crippen molar-refractivity contribution in [3.8, 4) is 11.4 Å². The average Bonchev–Trinajstić information content (AvgIpc) is 3.11. The van der Waals surface area contributed by atoms with Gasteiger partial charge in [0.05, 0.1) is 15.8 Å². The summed E-state index contributed by atoms with van der Waals surface area (Å²) in [5.74, 6) is 0.561. The normalized spacial score (nSPS) is 10.8. The van der Waals surface area contributed by atoms with Crippen LogP contribution >= 0.6 is 35.0 Å². The van der Waals surface area contributed by atoms with Gasteiger partial charge in [-0.1, -0.05) is 47.1 Å². The monoisotopic (exact) mass is 448 g/mol. The Balaban J connectivity index is 1.70. The van der Waals surface area contributed by atoms with E-state index in [1.54, 1.807) is 36.4 Å². The largest absolute Gasteiger partial charge is 0.325 e. The molecule has 0 fully saturated rings. The first-order valence-electron chi connectivity index (χ1n) is 8.81. The number of hydrogen-bond acceptors (Lipinski definition) is 5. The van der Waals surface area contributed by atoms with Crippen molar-refractivity contribution in [2.75, 3.05) is 11.1 Å². The number of hydrogen-bond donors (Lipinski definition) is 1. The van der Waals surface area contributed by atoms with Crippen LogP contribution in [0.4, 0.5) is 5.69 Å². The van der Waals surface area contributed by atoms with Crippen LogP contribution in [0.15, 0.2) is 47.6 Å². The first-order valence-corrected chi connectivity index (χ1v) is 10.6. The fourth-order valence-corrected chi connectivity index (χ4v) is 3.77. The molecule has 0 aliphatic rings. The van der Waals surface area contributed by atoms with Gasteiger partial charge in [0.1, 0.15) is 0 Å². The minimum absolute atomic E-state index is 0.0543. The molecule has 0 radical (unpaired) electrons. The van der Waals surface area contributed by atoms with E-state index in [0.717, 1.165) is 5.56 Å². The summed E-state index contributed by atoms with van der Waals surface area (Å²) in [5.41, 5.74) is 1.93. The first-order chi connectivity index (χ1) is 13.9. The Hall–Kier alpha value is -2.35. The predicted molar refractivity (Wildman–Crippen MR) is 117 cm³/mol. The first kappa shape index (κ1) is 21.4. The Kier molecular flexibility index (Phi) is 6.95. The molecule has 3 aromatic rings. The van der Waals surface area contributed by atoms with Gasteiger partial charge in [0, 0.05) is 23.4 Å². The topological polar surface area (TPSA) is 76.9 Å². The Morgan fingerprint density at radius 3 is 2.59 bits per heavy atom. The molecule has 150 valence electrons. The van der Waals surface area contributed by atoms with Crippen LogP contribution in [0.3, 0.4) is 0 Å². The molecule has 1 heterocycles. The van der Waals surface area contributed by atoms with E-state index < -0.39 is 0 Å².